The Morgan fingerprint density at radius 3 is 3.13 bits per heavy atom. The van der Waals surface area contributed by atoms with Crippen molar-refractivity contribution in [2.45, 2.75) is 31.8 Å². The van der Waals surface area contributed by atoms with Gasteiger partial charge in [-0.2, -0.15) is 0 Å². The second-order valence-corrected chi connectivity index (χ2v) is 6.86. The van der Waals surface area contributed by atoms with Gasteiger partial charge in [-0.1, -0.05) is 15.9 Å². The molecule has 7 heteroatoms. The molecular formula is C16H20BrN3O3. The zero-order valence-corrected chi connectivity index (χ0v) is 14.6. The predicted molar refractivity (Wildman–Crippen MR) is 90.6 cm³/mol. The summed E-state index contributed by atoms with van der Waals surface area (Å²) in [5, 5.41) is 6.38. The van der Waals surface area contributed by atoms with Crippen LogP contribution in [0.15, 0.2) is 22.7 Å². The number of anilines is 1. The Kier molecular flexibility index (Phi) is 4.87. The Balaban J connectivity index is 1.69. The van der Waals surface area contributed by atoms with Crippen molar-refractivity contribution in [3.8, 4) is 5.75 Å². The van der Waals surface area contributed by atoms with Gasteiger partial charge in [0.2, 0.25) is 5.91 Å². The maximum Gasteiger partial charge on any atom is 0.265 e. The number of nitrogens with zero attached hydrogens (tertiary/aromatic N) is 1. The van der Waals surface area contributed by atoms with E-state index in [0.717, 1.165) is 23.9 Å². The summed E-state index contributed by atoms with van der Waals surface area (Å²) in [7, 11) is 0. The first-order valence-corrected chi connectivity index (χ1v) is 8.59. The van der Waals surface area contributed by atoms with Crippen molar-refractivity contribution < 1.29 is 14.3 Å². The number of amides is 2. The van der Waals surface area contributed by atoms with Gasteiger partial charge in [0, 0.05) is 16.6 Å². The van der Waals surface area contributed by atoms with E-state index in [-0.39, 0.29) is 37.0 Å². The predicted octanol–water partition coefficient (Wildman–Crippen LogP) is 1.43. The third-order valence-corrected chi connectivity index (χ3v) is 4.77. The van der Waals surface area contributed by atoms with Gasteiger partial charge in [0.05, 0.1) is 5.69 Å². The summed E-state index contributed by atoms with van der Waals surface area (Å²) < 4.78 is 6.30. The second-order valence-electron chi connectivity index (χ2n) is 5.94. The monoisotopic (exact) mass is 381 g/mol. The molecule has 1 aromatic rings. The van der Waals surface area contributed by atoms with Gasteiger partial charge in [0.15, 0.2) is 6.61 Å². The van der Waals surface area contributed by atoms with Crippen LogP contribution in [0.2, 0.25) is 0 Å². The number of fused-ring (bicyclic) bond motifs is 1. The Bertz CT molecular complexity index is 623. The molecule has 0 radical (unpaired) electrons. The number of piperidine rings is 1. The Hall–Kier alpha value is -1.60. The van der Waals surface area contributed by atoms with Crippen molar-refractivity contribution in [3.63, 3.8) is 0 Å². The molecule has 0 spiro atoms. The molecule has 2 aliphatic heterocycles. The smallest absolute Gasteiger partial charge is 0.265 e. The van der Waals surface area contributed by atoms with E-state index in [9.17, 15) is 9.59 Å². The molecule has 2 N–H and O–H groups in total. The van der Waals surface area contributed by atoms with E-state index in [0.29, 0.717) is 11.4 Å². The maximum absolute atomic E-state index is 12.4. The highest BCUT2D eigenvalue weighted by Gasteiger charge is 2.29. The van der Waals surface area contributed by atoms with Crippen LogP contribution in [0, 0.1) is 0 Å². The fourth-order valence-corrected chi connectivity index (χ4v) is 3.33. The number of hydrogen-bond acceptors (Lipinski definition) is 4. The minimum absolute atomic E-state index is 0.0139. The molecule has 2 unspecified atom stereocenters. The highest BCUT2D eigenvalue weighted by molar-refractivity contribution is 9.10. The van der Waals surface area contributed by atoms with Crippen molar-refractivity contribution in [1.82, 2.24) is 10.6 Å². The molecule has 0 aromatic heterocycles. The van der Waals surface area contributed by atoms with Crippen LogP contribution in [0.3, 0.4) is 0 Å². The Morgan fingerprint density at radius 1 is 1.52 bits per heavy atom. The van der Waals surface area contributed by atoms with Crippen molar-refractivity contribution in [3.05, 3.63) is 22.7 Å². The molecule has 0 saturated carbocycles. The molecule has 3 rings (SSSR count). The number of ether oxygens (including phenoxy) is 1. The van der Waals surface area contributed by atoms with Crippen molar-refractivity contribution in [1.29, 1.82) is 0 Å². The van der Waals surface area contributed by atoms with Crippen LogP contribution in [0.25, 0.3) is 0 Å². The lowest BCUT2D eigenvalue weighted by Gasteiger charge is -2.33. The third kappa shape index (κ3) is 3.67. The van der Waals surface area contributed by atoms with Gasteiger partial charge < -0.3 is 15.4 Å². The van der Waals surface area contributed by atoms with Gasteiger partial charge in [-0.25, -0.2) is 0 Å². The lowest BCUT2D eigenvalue weighted by atomic mass is 10.00. The fourth-order valence-electron chi connectivity index (χ4n) is 2.99. The molecule has 0 bridgehead atoms. The average Bonchev–Trinajstić information content (AvgIpc) is 2.52. The molecule has 2 heterocycles. The summed E-state index contributed by atoms with van der Waals surface area (Å²) in [5.74, 6) is 0.263. The summed E-state index contributed by atoms with van der Waals surface area (Å²) in [4.78, 5) is 26.0. The number of benzene rings is 1. The van der Waals surface area contributed by atoms with E-state index >= 15 is 0 Å². The van der Waals surface area contributed by atoms with Crippen molar-refractivity contribution in [2.75, 3.05) is 24.6 Å². The van der Waals surface area contributed by atoms with Crippen LogP contribution in [-0.2, 0) is 9.59 Å². The molecule has 1 fully saturated rings. The molecule has 1 aromatic carbocycles. The number of nitrogens with one attached hydrogen (secondary N) is 2. The largest absolute Gasteiger partial charge is 0.482 e. The summed E-state index contributed by atoms with van der Waals surface area (Å²) in [6.07, 6.45) is 2.00. The van der Waals surface area contributed by atoms with E-state index < -0.39 is 0 Å². The quantitative estimate of drug-likeness (QED) is 0.830. The molecule has 6 nitrogen and oxygen atoms in total. The van der Waals surface area contributed by atoms with Gasteiger partial charge in [-0.15, -0.1) is 0 Å². The van der Waals surface area contributed by atoms with E-state index in [1.54, 1.807) is 12.1 Å². The van der Waals surface area contributed by atoms with Crippen LogP contribution in [0.5, 0.6) is 5.75 Å². The van der Waals surface area contributed by atoms with Crippen molar-refractivity contribution >= 4 is 33.4 Å². The number of halogens is 1. The van der Waals surface area contributed by atoms with E-state index in [1.165, 1.54) is 4.90 Å². The van der Waals surface area contributed by atoms with Gasteiger partial charge >= 0.3 is 0 Å². The summed E-state index contributed by atoms with van der Waals surface area (Å²) >= 11 is 3.38. The Labute approximate surface area is 143 Å². The minimum atomic E-state index is -0.204. The fraction of sp³-hybridized carbons (Fsp3) is 0.500. The molecule has 2 aliphatic rings. The SMILES string of the molecule is CC1NCCCC1NC(=O)CN1C(=O)COc2cc(Br)ccc21. The van der Waals surface area contributed by atoms with Crippen LogP contribution >= 0.6 is 15.9 Å². The number of hydrogen-bond donors (Lipinski definition) is 2. The molecular weight excluding hydrogens is 362 g/mol. The first-order chi connectivity index (χ1) is 11.0. The van der Waals surface area contributed by atoms with E-state index in [4.69, 9.17) is 4.74 Å². The zero-order chi connectivity index (χ0) is 16.4. The minimum Gasteiger partial charge on any atom is -0.482 e. The first kappa shape index (κ1) is 16.3. The molecule has 0 aliphatic carbocycles. The van der Waals surface area contributed by atoms with E-state index in [1.807, 2.05) is 6.07 Å². The van der Waals surface area contributed by atoms with Crippen LogP contribution in [-0.4, -0.2) is 43.6 Å². The van der Waals surface area contributed by atoms with Crippen LogP contribution in [0.1, 0.15) is 19.8 Å². The standard InChI is InChI=1S/C16H20BrN3O3/c1-10-12(3-2-6-18-10)19-15(21)8-20-13-5-4-11(17)7-14(13)23-9-16(20)22/h4-5,7,10,12,18H,2-3,6,8-9H2,1H3,(H,19,21). The van der Waals surface area contributed by atoms with Crippen LogP contribution in [0.4, 0.5) is 5.69 Å². The molecule has 2 atom stereocenters. The van der Waals surface area contributed by atoms with E-state index in [2.05, 4.69) is 33.5 Å². The summed E-state index contributed by atoms with van der Waals surface area (Å²) in [5.41, 5.74) is 0.634. The summed E-state index contributed by atoms with van der Waals surface area (Å²) in [6.45, 7) is 3.02. The summed E-state index contributed by atoms with van der Waals surface area (Å²) in [6, 6.07) is 5.78. The lowest BCUT2D eigenvalue weighted by Crippen LogP contribution is -2.54. The van der Waals surface area contributed by atoms with Gasteiger partial charge in [-0.3, -0.25) is 14.5 Å². The third-order valence-electron chi connectivity index (χ3n) is 4.27. The van der Waals surface area contributed by atoms with Crippen LogP contribution < -0.4 is 20.3 Å². The lowest BCUT2D eigenvalue weighted by molar-refractivity contribution is -0.125. The molecule has 124 valence electrons. The zero-order valence-electron chi connectivity index (χ0n) is 13.0. The number of rotatable bonds is 3. The molecule has 23 heavy (non-hydrogen) atoms. The highest BCUT2D eigenvalue weighted by atomic mass is 79.9. The number of carbonyl (C=O) groups is 2. The number of carbonyl (C=O) groups excluding carboxylic acids is 2. The Morgan fingerprint density at radius 2 is 2.35 bits per heavy atom. The normalized spacial score (nSPS) is 23.9. The van der Waals surface area contributed by atoms with Gasteiger partial charge in [0.25, 0.3) is 5.91 Å². The topological polar surface area (TPSA) is 70.7 Å². The highest BCUT2D eigenvalue weighted by Crippen LogP contribution is 2.34. The van der Waals surface area contributed by atoms with Crippen molar-refractivity contribution in [2.24, 2.45) is 0 Å². The first-order valence-electron chi connectivity index (χ1n) is 7.80. The van der Waals surface area contributed by atoms with Gasteiger partial charge in [0.1, 0.15) is 12.3 Å². The average molecular weight is 382 g/mol. The maximum atomic E-state index is 12.4. The van der Waals surface area contributed by atoms with Gasteiger partial charge in [-0.05, 0) is 44.5 Å². The second kappa shape index (κ2) is 6.88. The molecule has 2 amide bonds. The molecule has 1 saturated heterocycles.